The average molecular weight is 535 g/mol. The molecule has 35 heavy (non-hydrogen) atoms. The van der Waals surface area contributed by atoms with E-state index in [0.717, 1.165) is 7.11 Å². The van der Waals surface area contributed by atoms with Crippen molar-refractivity contribution in [3.8, 4) is 11.4 Å². The first-order chi connectivity index (χ1) is 16.0. The number of carboxylic acids is 1. The molecule has 0 radical (unpaired) electrons. The molecular formula is C19H14ClF7N2O6. The third-order valence-electron chi connectivity index (χ3n) is 4.43. The van der Waals surface area contributed by atoms with E-state index in [1.807, 2.05) is 0 Å². The number of benzene rings is 1. The van der Waals surface area contributed by atoms with Gasteiger partial charge in [0.2, 0.25) is 0 Å². The number of rotatable bonds is 7. The van der Waals surface area contributed by atoms with Crippen LogP contribution in [0.5, 0.6) is 5.75 Å². The number of hydrogen-bond donors (Lipinski definition) is 1. The molecule has 0 aliphatic heterocycles. The average Bonchev–Trinajstić information content (AvgIpc) is 2.71. The van der Waals surface area contributed by atoms with Crippen LogP contribution in [0.15, 0.2) is 39.1 Å². The number of aliphatic carboxylic acids is 1. The van der Waals surface area contributed by atoms with Crippen molar-refractivity contribution in [1.29, 1.82) is 0 Å². The molecule has 0 bridgehead atoms. The van der Waals surface area contributed by atoms with Crippen LogP contribution in [-0.2, 0) is 22.8 Å². The molecule has 1 aromatic heterocycles. The molecule has 0 amide bonds. The summed E-state index contributed by atoms with van der Waals surface area (Å²) in [6.07, 6.45) is -11.9. The zero-order chi connectivity index (χ0) is 26.9. The number of aromatic nitrogens is 2. The molecule has 2 aromatic rings. The number of nitrogens with zero attached hydrogens (tertiary/aromatic N) is 2. The number of carbonyl (C=O) groups is 1. The Hall–Kier alpha value is -3.49. The molecule has 0 aliphatic carbocycles. The first kappa shape index (κ1) is 27.8. The van der Waals surface area contributed by atoms with Gasteiger partial charge in [0.05, 0.1) is 29.8 Å². The van der Waals surface area contributed by atoms with Crippen LogP contribution in [0.1, 0.15) is 12.1 Å². The third-order valence-corrected chi connectivity index (χ3v) is 4.73. The largest absolute Gasteiger partial charge is 0.497 e. The van der Waals surface area contributed by atoms with E-state index in [2.05, 4.69) is 4.74 Å². The highest BCUT2D eigenvalue weighted by molar-refractivity contribution is 6.32. The number of ether oxygens (including phenoxy) is 2. The lowest BCUT2D eigenvalue weighted by Gasteiger charge is -2.17. The summed E-state index contributed by atoms with van der Waals surface area (Å²) in [7, 11) is 1.55. The normalized spacial score (nSPS) is 12.9. The van der Waals surface area contributed by atoms with E-state index in [4.69, 9.17) is 21.4 Å². The lowest BCUT2D eigenvalue weighted by molar-refractivity contribution is -0.144. The topological polar surface area (TPSA) is 99.8 Å². The molecule has 2 rings (SSSR count). The summed E-state index contributed by atoms with van der Waals surface area (Å²) in [5, 5.41) is 8.54. The highest BCUT2D eigenvalue weighted by Crippen LogP contribution is 2.31. The van der Waals surface area contributed by atoms with Gasteiger partial charge in [-0.1, -0.05) is 11.6 Å². The molecule has 0 unspecified atom stereocenters. The maximum Gasteiger partial charge on any atom is 0.431 e. The summed E-state index contributed by atoms with van der Waals surface area (Å²) in [6.45, 7) is -0.959. The highest BCUT2D eigenvalue weighted by atomic mass is 35.5. The van der Waals surface area contributed by atoms with Gasteiger partial charge in [0.15, 0.2) is 0 Å². The van der Waals surface area contributed by atoms with Gasteiger partial charge in [-0.05, 0) is 6.07 Å². The fourth-order valence-electron chi connectivity index (χ4n) is 2.83. The zero-order valence-corrected chi connectivity index (χ0v) is 18.3. The van der Waals surface area contributed by atoms with E-state index in [9.17, 15) is 45.1 Å². The van der Waals surface area contributed by atoms with Crippen LogP contribution in [0.25, 0.3) is 5.69 Å². The second kappa shape index (κ2) is 10.0. The molecule has 0 fully saturated rings. The first-order valence-corrected chi connectivity index (χ1v) is 9.44. The highest BCUT2D eigenvalue weighted by Gasteiger charge is 2.36. The molecule has 1 N–H and O–H groups in total. The van der Waals surface area contributed by atoms with E-state index >= 15 is 0 Å². The molecule has 8 nitrogen and oxygen atoms in total. The molecule has 0 spiro atoms. The van der Waals surface area contributed by atoms with Gasteiger partial charge < -0.3 is 14.6 Å². The maximum absolute atomic E-state index is 14.5. The Morgan fingerprint density at radius 2 is 1.71 bits per heavy atom. The van der Waals surface area contributed by atoms with Crippen molar-refractivity contribution in [3.05, 3.63) is 66.9 Å². The number of halogens is 8. The number of carboxylic acid groups (broad SMARTS) is 1. The molecule has 16 heteroatoms. The Balaban J connectivity index is 2.58. The van der Waals surface area contributed by atoms with Crippen molar-refractivity contribution in [3.63, 3.8) is 0 Å². The molecule has 1 aromatic carbocycles. The third kappa shape index (κ3) is 6.35. The predicted octanol–water partition coefficient (Wildman–Crippen LogP) is 3.66. The summed E-state index contributed by atoms with van der Waals surface area (Å²) in [6, 6.07) is 1.21. The van der Waals surface area contributed by atoms with Crippen molar-refractivity contribution >= 4 is 17.6 Å². The molecule has 0 saturated heterocycles. The lowest BCUT2D eigenvalue weighted by atomic mass is 10.1. The monoisotopic (exact) mass is 534 g/mol. The lowest BCUT2D eigenvalue weighted by Crippen LogP contribution is -2.41. The minimum atomic E-state index is -5.07. The van der Waals surface area contributed by atoms with Crippen LogP contribution in [0.3, 0.4) is 0 Å². The Morgan fingerprint density at radius 3 is 2.20 bits per heavy atom. The molecule has 1 heterocycles. The van der Waals surface area contributed by atoms with Gasteiger partial charge >= 0.3 is 24.0 Å². The summed E-state index contributed by atoms with van der Waals surface area (Å²) in [5.74, 6) is -4.62. The number of alkyl halides is 6. The van der Waals surface area contributed by atoms with Crippen molar-refractivity contribution in [2.45, 2.75) is 18.8 Å². The van der Waals surface area contributed by atoms with Crippen LogP contribution in [-0.4, -0.2) is 40.1 Å². The van der Waals surface area contributed by atoms with E-state index in [0.29, 0.717) is 19.2 Å². The van der Waals surface area contributed by atoms with Gasteiger partial charge in [0.1, 0.15) is 29.6 Å². The fourth-order valence-corrected chi connectivity index (χ4v) is 3.03. The summed E-state index contributed by atoms with van der Waals surface area (Å²) in [5.41, 5.74) is -6.82. The van der Waals surface area contributed by atoms with Gasteiger partial charge in [-0.2, -0.15) is 26.3 Å². The Morgan fingerprint density at radius 1 is 1.11 bits per heavy atom. The van der Waals surface area contributed by atoms with Crippen LogP contribution < -0.4 is 16.0 Å². The van der Waals surface area contributed by atoms with Gasteiger partial charge in [-0.15, -0.1) is 0 Å². The van der Waals surface area contributed by atoms with Crippen LogP contribution in [0, 0.1) is 5.82 Å². The molecule has 192 valence electrons. The van der Waals surface area contributed by atoms with E-state index in [1.54, 1.807) is 0 Å². The molecule has 0 atom stereocenters. The Bertz CT molecular complexity index is 1290. The second-order valence-corrected chi connectivity index (χ2v) is 7.18. The molecular weight excluding hydrogens is 521 g/mol. The minimum absolute atomic E-state index is 0.0488. The van der Waals surface area contributed by atoms with Gasteiger partial charge in [-0.25, -0.2) is 18.5 Å². The second-order valence-electron chi connectivity index (χ2n) is 6.77. The quantitative estimate of drug-likeness (QED) is 0.331. The van der Waals surface area contributed by atoms with E-state index in [1.165, 1.54) is 0 Å². The summed E-state index contributed by atoms with van der Waals surface area (Å²) < 4.78 is 102. The smallest absolute Gasteiger partial charge is 0.431 e. The van der Waals surface area contributed by atoms with Gasteiger partial charge in [0.25, 0.3) is 5.56 Å². The molecule has 0 saturated carbocycles. The fraction of sp³-hybridized carbons (Fsp3) is 0.316. The van der Waals surface area contributed by atoms with Gasteiger partial charge in [0, 0.05) is 19.2 Å². The van der Waals surface area contributed by atoms with Crippen LogP contribution in [0.4, 0.5) is 30.7 Å². The zero-order valence-electron chi connectivity index (χ0n) is 17.6. The van der Waals surface area contributed by atoms with Crippen molar-refractivity contribution in [1.82, 2.24) is 9.13 Å². The van der Waals surface area contributed by atoms with Crippen LogP contribution >= 0.6 is 11.6 Å². The number of hydrogen-bond acceptors (Lipinski definition) is 5. The summed E-state index contributed by atoms with van der Waals surface area (Å²) in [4.78, 5) is 35.9. The van der Waals surface area contributed by atoms with Crippen LogP contribution in [0.2, 0.25) is 5.02 Å². The maximum atomic E-state index is 14.5. The SMILES string of the molecule is COC(COc1cc(-n2c(=O)cc(C(F)(F)F)n(C)c2=O)c(F)cc1Cl)=C(CC(F)(F)F)C(=O)O. The Kier molecular flexibility index (Phi) is 7.94. The standard InChI is InChI=1S/C19H14ClF7N2O6/c1-28-14(19(25,26)27)5-15(30)29(17(28)33)11-4-12(9(20)3-10(11)21)35-7-13(34-2)8(16(31)32)6-18(22,23)24/h3-5H,6-7H2,1-2H3,(H,31,32). The summed E-state index contributed by atoms with van der Waals surface area (Å²) >= 11 is 5.82. The van der Waals surface area contributed by atoms with E-state index < -0.39 is 81.9 Å². The number of methoxy groups -OCH3 is 1. The predicted molar refractivity (Wildman–Crippen MR) is 105 cm³/mol. The van der Waals surface area contributed by atoms with Gasteiger partial charge in [-0.3, -0.25) is 9.36 Å². The minimum Gasteiger partial charge on any atom is -0.497 e. The van der Waals surface area contributed by atoms with Crippen molar-refractivity contribution < 1.29 is 50.1 Å². The molecule has 0 aliphatic rings. The Labute approximate surface area is 195 Å². The van der Waals surface area contributed by atoms with Crippen molar-refractivity contribution in [2.75, 3.05) is 13.7 Å². The van der Waals surface area contributed by atoms with Crippen molar-refractivity contribution in [2.24, 2.45) is 7.05 Å². The first-order valence-electron chi connectivity index (χ1n) is 9.06. The van der Waals surface area contributed by atoms with E-state index in [-0.39, 0.29) is 15.2 Å².